The normalized spacial score (nSPS) is 10.8. The number of anilines is 1. The highest BCUT2D eigenvalue weighted by Gasteiger charge is 2.14. The summed E-state index contributed by atoms with van der Waals surface area (Å²) in [7, 11) is 0. The number of carbonyl (C=O) groups excluding carboxylic acids is 1. The van der Waals surface area contributed by atoms with E-state index in [0.29, 0.717) is 28.8 Å². The first-order valence-electron chi connectivity index (χ1n) is 7.82. The van der Waals surface area contributed by atoms with E-state index in [1.807, 2.05) is 24.3 Å². The number of halogens is 2. The molecule has 1 heterocycles. The van der Waals surface area contributed by atoms with Gasteiger partial charge in [0, 0.05) is 17.3 Å². The Morgan fingerprint density at radius 2 is 1.81 bits per heavy atom. The van der Waals surface area contributed by atoms with Gasteiger partial charge in [0.05, 0.1) is 5.56 Å². The SMILES string of the molecule is O=C(Nc1cccc(-c2nc3ccccc3o2)c1)c1ccc(F)cc1F. The first kappa shape index (κ1) is 16.0. The van der Waals surface area contributed by atoms with Crippen LogP contribution in [0, 0.1) is 11.6 Å². The van der Waals surface area contributed by atoms with Crippen LogP contribution in [0.1, 0.15) is 10.4 Å². The summed E-state index contributed by atoms with van der Waals surface area (Å²) in [4.78, 5) is 16.6. The Labute approximate surface area is 147 Å². The van der Waals surface area contributed by atoms with Crippen molar-refractivity contribution >= 4 is 22.7 Å². The number of hydrogen-bond donors (Lipinski definition) is 1. The van der Waals surface area contributed by atoms with Crippen molar-refractivity contribution in [1.29, 1.82) is 0 Å². The van der Waals surface area contributed by atoms with Crippen LogP contribution < -0.4 is 5.32 Å². The number of benzene rings is 3. The number of nitrogens with zero attached hydrogens (tertiary/aromatic N) is 1. The Balaban J connectivity index is 1.62. The zero-order chi connectivity index (χ0) is 18.1. The quantitative estimate of drug-likeness (QED) is 0.564. The van der Waals surface area contributed by atoms with E-state index in [2.05, 4.69) is 10.3 Å². The van der Waals surface area contributed by atoms with Crippen LogP contribution >= 0.6 is 0 Å². The maximum Gasteiger partial charge on any atom is 0.258 e. The second-order valence-corrected chi connectivity index (χ2v) is 5.65. The second-order valence-electron chi connectivity index (χ2n) is 5.65. The van der Waals surface area contributed by atoms with Gasteiger partial charge in [-0.05, 0) is 42.5 Å². The molecule has 26 heavy (non-hydrogen) atoms. The molecule has 1 amide bonds. The van der Waals surface area contributed by atoms with Crippen LogP contribution in [0.3, 0.4) is 0 Å². The van der Waals surface area contributed by atoms with Gasteiger partial charge < -0.3 is 9.73 Å². The van der Waals surface area contributed by atoms with E-state index in [9.17, 15) is 13.6 Å². The summed E-state index contributed by atoms with van der Waals surface area (Å²) in [6.07, 6.45) is 0. The van der Waals surface area contributed by atoms with Gasteiger partial charge >= 0.3 is 0 Å². The summed E-state index contributed by atoms with van der Waals surface area (Å²) >= 11 is 0. The van der Waals surface area contributed by atoms with Crippen molar-refractivity contribution in [3.63, 3.8) is 0 Å². The van der Waals surface area contributed by atoms with E-state index in [0.717, 1.165) is 17.6 Å². The monoisotopic (exact) mass is 350 g/mol. The number of amides is 1. The summed E-state index contributed by atoms with van der Waals surface area (Å²) < 4.78 is 32.4. The molecular weight excluding hydrogens is 338 g/mol. The summed E-state index contributed by atoms with van der Waals surface area (Å²) in [5, 5.41) is 2.59. The highest BCUT2D eigenvalue weighted by Crippen LogP contribution is 2.26. The third-order valence-electron chi connectivity index (χ3n) is 3.84. The first-order chi connectivity index (χ1) is 12.6. The number of carbonyl (C=O) groups is 1. The maximum atomic E-state index is 13.7. The lowest BCUT2D eigenvalue weighted by atomic mass is 10.1. The summed E-state index contributed by atoms with van der Waals surface area (Å²) in [6, 6.07) is 17.0. The van der Waals surface area contributed by atoms with Gasteiger partial charge in [0.2, 0.25) is 5.89 Å². The fourth-order valence-corrected chi connectivity index (χ4v) is 2.60. The van der Waals surface area contributed by atoms with Crippen molar-refractivity contribution in [1.82, 2.24) is 4.98 Å². The van der Waals surface area contributed by atoms with Crippen molar-refractivity contribution in [2.75, 3.05) is 5.32 Å². The largest absolute Gasteiger partial charge is 0.436 e. The highest BCUT2D eigenvalue weighted by atomic mass is 19.1. The van der Waals surface area contributed by atoms with Crippen molar-refractivity contribution in [3.05, 3.63) is 83.9 Å². The molecule has 1 aromatic heterocycles. The van der Waals surface area contributed by atoms with Gasteiger partial charge in [0.1, 0.15) is 17.2 Å². The third kappa shape index (κ3) is 3.04. The van der Waals surface area contributed by atoms with E-state index in [4.69, 9.17) is 4.42 Å². The predicted octanol–water partition coefficient (Wildman–Crippen LogP) is 5.03. The molecule has 0 aliphatic carbocycles. The molecule has 0 bridgehead atoms. The molecule has 4 aromatic rings. The van der Waals surface area contributed by atoms with Gasteiger partial charge in [0.25, 0.3) is 5.91 Å². The number of fused-ring (bicyclic) bond motifs is 1. The Hall–Kier alpha value is -3.54. The Morgan fingerprint density at radius 1 is 0.962 bits per heavy atom. The van der Waals surface area contributed by atoms with Crippen molar-refractivity contribution in [2.45, 2.75) is 0 Å². The lowest BCUT2D eigenvalue weighted by Gasteiger charge is -2.07. The molecular formula is C20H12F2N2O2. The summed E-state index contributed by atoms with van der Waals surface area (Å²) in [6.45, 7) is 0. The number of rotatable bonds is 3. The Bertz CT molecular complexity index is 1090. The first-order valence-corrected chi connectivity index (χ1v) is 7.82. The molecule has 4 rings (SSSR count). The third-order valence-corrected chi connectivity index (χ3v) is 3.84. The van der Waals surface area contributed by atoms with Crippen molar-refractivity contribution in [2.24, 2.45) is 0 Å². The van der Waals surface area contributed by atoms with E-state index >= 15 is 0 Å². The zero-order valence-corrected chi connectivity index (χ0v) is 13.4. The minimum Gasteiger partial charge on any atom is -0.436 e. The average molecular weight is 350 g/mol. The molecule has 0 aliphatic rings. The molecule has 3 aromatic carbocycles. The fourth-order valence-electron chi connectivity index (χ4n) is 2.60. The van der Waals surface area contributed by atoms with Gasteiger partial charge in [0.15, 0.2) is 5.58 Å². The smallest absolute Gasteiger partial charge is 0.258 e. The van der Waals surface area contributed by atoms with E-state index in [1.165, 1.54) is 0 Å². The number of hydrogen-bond acceptors (Lipinski definition) is 3. The molecule has 0 saturated heterocycles. The Kier molecular flexibility index (Phi) is 3.93. The van der Waals surface area contributed by atoms with E-state index in [-0.39, 0.29) is 5.56 Å². The summed E-state index contributed by atoms with van der Waals surface area (Å²) in [5.74, 6) is -1.91. The fraction of sp³-hybridized carbons (Fsp3) is 0. The summed E-state index contributed by atoms with van der Waals surface area (Å²) in [5.41, 5.74) is 2.26. The van der Waals surface area contributed by atoms with Crippen molar-refractivity contribution < 1.29 is 18.0 Å². The molecule has 0 unspecified atom stereocenters. The molecule has 0 radical (unpaired) electrons. The van der Waals surface area contributed by atoms with Crippen LogP contribution in [0.15, 0.2) is 71.1 Å². The van der Waals surface area contributed by atoms with Gasteiger partial charge in [-0.15, -0.1) is 0 Å². The molecule has 0 spiro atoms. The lowest BCUT2D eigenvalue weighted by Crippen LogP contribution is -2.13. The molecule has 0 saturated carbocycles. The molecule has 1 N–H and O–H groups in total. The maximum absolute atomic E-state index is 13.7. The van der Waals surface area contributed by atoms with Crippen molar-refractivity contribution in [3.8, 4) is 11.5 Å². The lowest BCUT2D eigenvalue weighted by molar-refractivity contribution is 0.102. The predicted molar refractivity (Wildman–Crippen MR) is 93.8 cm³/mol. The Morgan fingerprint density at radius 3 is 2.62 bits per heavy atom. The number of nitrogens with one attached hydrogen (secondary N) is 1. The second kappa shape index (κ2) is 6.40. The average Bonchev–Trinajstić information content (AvgIpc) is 3.06. The minimum atomic E-state index is -0.919. The minimum absolute atomic E-state index is 0.237. The van der Waals surface area contributed by atoms with E-state index in [1.54, 1.807) is 24.3 Å². The van der Waals surface area contributed by atoms with Gasteiger partial charge in [-0.25, -0.2) is 13.8 Å². The van der Waals surface area contributed by atoms with Crippen LogP contribution in [-0.2, 0) is 0 Å². The standard InChI is InChI=1S/C20H12F2N2O2/c21-13-8-9-15(16(22)11-13)19(25)23-14-5-3-4-12(10-14)20-24-17-6-1-2-7-18(17)26-20/h1-11H,(H,23,25). The van der Waals surface area contributed by atoms with Crippen LogP contribution in [0.5, 0.6) is 0 Å². The van der Waals surface area contributed by atoms with E-state index < -0.39 is 17.5 Å². The molecule has 0 fully saturated rings. The van der Waals surface area contributed by atoms with Crippen LogP contribution in [-0.4, -0.2) is 10.9 Å². The topological polar surface area (TPSA) is 55.1 Å². The number of aromatic nitrogens is 1. The van der Waals surface area contributed by atoms with Crippen LogP contribution in [0.2, 0.25) is 0 Å². The van der Waals surface area contributed by atoms with Gasteiger partial charge in [-0.2, -0.15) is 0 Å². The zero-order valence-electron chi connectivity index (χ0n) is 13.4. The molecule has 0 aliphatic heterocycles. The molecule has 0 atom stereocenters. The van der Waals surface area contributed by atoms with Gasteiger partial charge in [-0.1, -0.05) is 18.2 Å². The molecule has 4 nitrogen and oxygen atoms in total. The number of para-hydroxylation sites is 2. The molecule has 6 heteroatoms. The molecule has 128 valence electrons. The van der Waals surface area contributed by atoms with Gasteiger partial charge in [-0.3, -0.25) is 4.79 Å². The van der Waals surface area contributed by atoms with Crippen LogP contribution in [0.25, 0.3) is 22.6 Å². The number of oxazole rings is 1. The van der Waals surface area contributed by atoms with Crippen LogP contribution in [0.4, 0.5) is 14.5 Å². The highest BCUT2D eigenvalue weighted by molar-refractivity contribution is 6.04.